The second kappa shape index (κ2) is 51.9. The first kappa shape index (κ1) is 58.6. The first-order chi connectivity index (χ1) is 30.6. The summed E-state index contributed by atoms with van der Waals surface area (Å²) in [4.78, 5) is 25.4. The predicted octanol–water partition coefficient (Wildman–Crippen LogP) is 17.2. The van der Waals surface area contributed by atoms with Crippen LogP contribution in [0.3, 0.4) is 0 Å². The third kappa shape index (κ3) is 49.2. The summed E-state index contributed by atoms with van der Waals surface area (Å²) in [7, 11) is 0. The number of esters is 2. The Balaban J connectivity index is 4.37. The standard InChI is InChI=1S/C57H94O5/c1-4-7-10-13-16-19-22-25-27-28-29-30-32-33-35-38-41-44-47-50-56(58)61-54-55(53-60-52-49-46-43-40-37-24-21-18-15-12-9-6-3)62-57(59)51-48-45-42-39-36-34-31-26-23-20-17-14-11-8-5-2/h7-8,10-11,15-20,25-27,29-31,33,35,55H,4-6,9,12-14,21-24,28,32,34,36-54H2,1-3H3/b10-7-,11-8-,18-15-,19-16-,20-17-,27-25-,30-29-,31-26-,35-33-. The molecule has 0 saturated heterocycles. The SMILES string of the molecule is CC/C=C\C/C=C\C/C=C\C/C=C\C/C=C\CCCCCC(=O)OCC(COCCCCCCCC/C=C\CCCC)OC(=O)CCCCCCC/C=C\C/C=C\C/C=C\CC. The van der Waals surface area contributed by atoms with Gasteiger partial charge in [-0.2, -0.15) is 0 Å². The van der Waals surface area contributed by atoms with Crippen molar-refractivity contribution in [2.24, 2.45) is 0 Å². The molecule has 0 bridgehead atoms. The molecule has 0 N–H and O–H groups in total. The quantitative estimate of drug-likeness (QED) is 0.0347. The summed E-state index contributed by atoms with van der Waals surface area (Å²) < 4.78 is 17.3. The van der Waals surface area contributed by atoms with Crippen molar-refractivity contribution in [2.45, 2.75) is 219 Å². The molecule has 0 aromatic carbocycles. The summed E-state index contributed by atoms with van der Waals surface area (Å²) in [6.07, 6.45) is 70.9. The van der Waals surface area contributed by atoms with E-state index < -0.39 is 6.10 Å². The molecule has 5 heteroatoms. The number of ether oxygens (including phenoxy) is 3. The third-order valence-corrected chi connectivity index (χ3v) is 10.3. The van der Waals surface area contributed by atoms with E-state index in [1.165, 1.54) is 64.2 Å². The van der Waals surface area contributed by atoms with Gasteiger partial charge in [-0.1, -0.05) is 194 Å². The van der Waals surface area contributed by atoms with E-state index in [1.807, 2.05) is 0 Å². The second-order valence-corrected chi connectivity index (χ2v) is 16.3. The highest BCUT2D eigenvalue weighted by atomic mass is 16.6. The molecule has 1 atom stereocenters. The maximum Gasteiger partial charge on any atom is 0.306 e. The van der Waals surface area contributed by atoms with Crippen molar-refractivity contribution in [3.05, 3.63) is 109 Å². The van der Waals surface area contributed by atoms with Gasteiger partial charge in [-0.15, -0.1) is 0 Å². The Bertz CT molecular complexity index is 1250. The molecule has 0 spiro atoms. The zero-order valence-electron chi connectivity index (χ0n) is 40.3. The number of carbonyl (C=O) groups excluding carboxylic acids is 2. The molecular weight excluding hydrogens is 765 g/mol. The van der Waals surface area contributed by atoms with Crippen molar-refractivity contribution in [3.8, 4) is 0 Å². The Hall–Kier alpha value is -3.44. The summed E-state index contributed by atoms with van der Waals surface area (Å²) in [6.45, 7) is 7.49. The number of allylic oxidation sites excluding steroid dienone is 18. The molecule has 0 fully saturated rings. The number of carbonyl (C=O) groups is 2. The Morgan fingerprint density at radius 3 is 1.19 bits per heavy atom. The lowest BCUT2D eigenvalue weighted by Gasteiger charge is -2.18. The van der Waals surface area contributed by atoms with E-state index in [9.17, 15) is 9.59 Å². The summed E-state index contributed by atoms with van der Waals surface area (Å²) >= 11 is 0. The average Bonchev–Trinajstić information content (AvgIpc) is 3.27. The topological polar surface area (TPSA) is 61.8 Å². The fourth-order valence-electron chi connectivity index (χ4n) is 6.53. The molecule has 0 aliphatic heterocycles. The highest BCUT2D eigenvalue weighted by Crippen LogP contribution is 2.12. The van der Waals surface area contributed by atoms with Crippen LogP contribution < -0.4 is 0 Å². The van der Waals surface area contributed by atoms with Crippen LogP contribution in [0.25, 0.3) is 0 Å². The van der Waals surface area contributed by atoms with Gasteiger partial charge < -0.3 is 14.2 Å². The molecule has 352 valence electrons. The van der Waals surface area contributed by atoms with E-state index in [1.54, 1.807) is 0 Å². The van der Waals surface area contributed by atoms with E-state index in [4.69, 9.17) is 14.2 Å². The Kier molecular flexibility index (Phi) is 49.0. The number of unbranched alkanes of at least 4 members (excludes halogenated alkanes) is 16. The van der Waals surface area contributed by atoms with Crippen LogP contribution in [-0.4, -0.2) is 37.9 Å². The lowest BCUT2D eigenvalue weighted by Crippen LogP contribution is -2.30. The van der Waals surface area contributed by atoms with Gasteiger partial charge in [-0.3, -0.25) is 9.59 Å². The molecule has 0 aromatic heterocycles. The Morgan fingerprint density at radius 2 is 0.726 bits per heavy atom. The maximum atomic E-state index is 12.8. The molecule has 0 radical (unpaired) electrons. The molecule has 0 amide bonds. The van der Waals surface area contributed by atoms with Crippen LogP contribution in [0.4, 0.5) is 0 Å². The van der Waals surface area contributed by atoms with Crippen LogP contribution in [0.5, 0.6) is 0 Å². The van der Waals surface area contributed by atoms with Crippen LogP contribution in [0.1, 0.15) is 213 Å². The summed E-state index contributed by atoms with van der Waals surface area (Å²) in [5.74, 6) is -0.463. The molecule has 0 aromatic rings. The molecule has 0 heterocycles. The number of hydrogen-bond donors (Lipinski definition) is 0. The lowest BCUT2D eigenvalue weighted by atomic mass is 10.1. The highest BCUT2D eigenvalue weighted by Gasteiger charge is 2.17. The van der Waals surface area contributed by atoms with E-state index in [-0.39, 0.29) is 25.2 Å². The van der Waals surface area contributed by atoms with Crippen LogP contribution in [0, 0.1) is 0 Å². The zero-order chi connectivity index (χ0) is 44.9. The number of hydrogen-bond acceptors (Lipinski definition) is 5. The number of rotatable bonds is 45. The van der Waals surface area contributed by atoms with Gasteiger partial charge in [0.2, 0.25) is 0 Å². The predicted molar refractivity (Wildman–Crippen MR) is 269 cm³/mol. The summed E-state index contributed by atoms with van der Waals surface area (Å²) in [5, 5.41) is 0. The first-order valence-electron chi connectivity index (χ1n) is 25.4. The average molecular weight is 859 g/mol. The van der Waals surface area contributed by atoms with E-state index in [0.29, 0.717) is 19.4 Å². The monoisotopic (exact) mass is 859 g/mol. The van der Waals surface area contributed by atoms with Crippen molar-refractivity contribution in [3.63, 3.8) is 0 Å². The zero-order valence-corrected chi connectivity index (χ0v) is 40.3. The smallest absolute Gasteiger partial charge is 0.306 e. The van der Waals surface area contributed by atoms with Gasteiger partial charge in [0, 0.05) is 19.4 Å². The van der Waals surface area contributed by atoms with Crippen molar-refractivity contribution in [1.29, 1.82) is 0 Å². The summed E-state index contributed by atoms with van der Waals surface area (Å²) in [6, 6.07) is 0. The van der Waals surface area contributed by atoms with Gasteiger partial charge in [0.15, 0.2) is 6.10 Å². The molecule has 0 saturated carbocycles. The fraction of sp³-hybridized carbons (Fsp3) is 0.649. The van der Waals surface area contributed by atoms with Crippen LogP contribution in [-0.2, 0) is 23.8 Å². The van der Waals surface area contributed by atoms with Gasteiger partial charge in [-0.25, -0.2) is 0 Å². The molecule has 0 rings (SSSR count). The molecule has 62 heavy (non-hydrogen) atoms. The molecule has 0 aliphatic carbocycles. The maximum absolute atomic E-state index is 12.8. The van der Waals surface area contributed by atoms with Crippen LogP contribution >= 0.6 is 0 Å². The van der Waals surface area contributed by atoms with E-state index >= 15 is 0 Å². The van der Waals surface area contributed by atoms with Gasteiger partial charge in [0.05, 0.1) is 6.61 Å². The molecule has 1 unspecified atom stereocenters. The fourth-order valence-corrected chi connectivity index (χ4v) is 6.53. The molecule has 0 aliphatic rings. The van der Waals surface area contributed by atoms with Crippen molar-refractivity contribution in [1.82, 2.24) is 0 Å². The minimum absolute atomic E-state index is 0.0523. The van der Waals surface area contributed by atoms with Gasteiger partial charge >= 0.3 is 11.9 Å². The largest absolute Gasteiger partial charge is 0.462 e. The van der Waals surface area contributed by atoms with Crippen LogP contribution in [0.2, 0.25) is 0 Å². The van der Waals surface area contributed by atoms with Gasteiger partial charge in [-0.05, 0) is 116 Å². The van der Waals surface area contributed by atoms with Crippen molar-refractivity contribution < 1.29 is 23.8 Å². The van der Waals surface area contributed by atoms with Crippen molar-refractivity contribution in [2.75, 3.05) is 19.8 Å². The first-order valence-corrected chi connectivity index (χ1v) is 25.4. The minimum Gasteiger partial charge on any atom is -0.462 e. The molecular formula is C57H94O5. The normalized spacial score (nSPS) is 13.1. The van der Waals surface area contributed by atoms with E-state index in [2.05, 4.69) is 130 Å². The molecule has 5 nitrogen and oxygen atoms in total. The third-order valence-electron chi connectivity index (χ3n) is 10.3. The second-order valence-electron chi connectivity index (χ2n) is 16.3. The van der Waals surface area contributed by atoms with Crippen LogP contribution in [0.15, 0.2) is 109 Å². The van der Waals surface area contributed by atoms with Gasteiger partial charge in [0.1, 0.15) is 6.61 Å². The summed E-state index contributed by atoms with van der Waals surface area (Å²) in [5.41, 5.74) is 0. The Morgan fingerprint density at radius 1 is 0.371 bits per heavy atom. The van der Waals surface area contributed by atoms with E-state index in [0.717, 1.165) is 116 Å². The minimum atomic E-state index is -0.568. The Labute approximate surface area is 383 Å². The van der Waals surface area contributed by atoms with Crippen molar-refractivity contribution >= 4 is 11.9 Å². The van der Waals surface area contributed by atoms with Gasteiger partial charge in [0.25, 0.3) is 0 Å². The lowest BCUT2D eigenvalue weighted by molar-refractivity contribution is -0.163. The highest BCUT2D eigenvalue weighted by molar-refractivity contribution is 5.70.